The van der Waals surface area contributed by atoms with Crippen LogP contribution in [0.3, 0.4) is 0 Å². The van der Waals surface area contributed by atoms with Crippen molar-refractivity contribution in [1.82, 2.24) is 0 Å². The van der Waals surface area contributed by atoms with Crippen molar-refractivity contribution in [3.05, 3.63) is 22.8 Å². The summed E-state index contributed by atoms with van der Waals surface area (Å²) in [6.07, 6.45) is 12.4. The Bertz CT molecular complexity index is 1380. The maximum atomic E-state index is 15.5. The number of fused-ring (bicyclic) bond motifs is 4. The van der Waals surface area contributed by atoms with Crippen molar-refractivity contribution in [3.63, 3.8) is 0 Å². The molecule has 2 bridgehead atoms. The Hall–Kier alpha value is -1.26. The molecule has 244 valence electrons. The van der Waals surface area contributed by atoms with Gasteiger partial charge in [-0.15, -0.1) is 0 Å². The molecular formula is C40H60O4. The second-order valence-corrected chi connectivity index (χ2v) is 19.3. The average molecular weight is 605 g/mol. The van der Waals surface area contributed by atoms with E-state index in [0.717, 1.165) is 51.4 Å². The minimum atomic E-state index is -1.62. The Morgan fingerprint density at radius 1 is 0.727 bits per heavy atom. The van der Waals surface area contributed by atoms with E-state index < -0.39 is 34.4 Å². The Kier molecular flexibility index (Phi) is 6.41. The summed E-state index contributed by atoms with van der Waals surface area (Å²) in [7, 11) is 0. The molecule has 8 rings (SSSR count). The smallest absolute Gasteiger partial charge is 0.187 e. The number of carbonyl (C=O) groups excluding carboxylic acids is 2. The fourth-order valence-electron chi connectivity index (χ4n) is 14.5. The molecule has 4 saturated carbocycles. The summed E-state index contributed by atoms with van der Waals surface area (Å²) in [4.78, 5) is 30.1. The van der Waals surface area contributed by atoms with Gasteiger partial charge in [0.15, 0.2) is 11.6 Å². The SMILES string of the molecule is CC(C)[C@]1(O)C(=O)C=C2[C@@]3(CC[C@H]4C(C)(C)CCC[C@]24C)[C@@H]2C(=O)[C@@](O)(C(C)C)[C@@H](C4=C2[C@@]2(C)CCCC(C)(C)[C@@H]2CC4)[C@H]31. The van der Waals surface area contributed by atoms with E-state index in [-0.39, 0.29) is 45.1 Å². The summed E-state index contributed by atoms with van der Waals surface area (Å²) in [5, 5.41) is 25.9. The van der Waals surface area contributed by atoms with Crippen LogP contribution in [0.4, 0.5) is 0 Å². The molecule has 8 aliphatic rings. The minimum absolute atomic E-state index is 0.00114. The maximum absolute atomic E-state index is 15.5. The molecule has 10 atom stereocenters. The van der Waals surface area contributed by atoms with Gasteiger partial charge in [0.1, 0.15) is 11.2 Å². The van der Waals surface area contributed by atoms with E-state index in [1.807, 2.05) is 33.8 Å². The Balaban J connectivity index is 1.58. The number of rotatable bonds is 2. The molecule has 0 aromatic rings. The highest BCUT2D eigenvalue weighted by Gasteiger charge is 2.81. The molecule has 0 aromatic heterocycles. The zero-order valence-electron chi connectivity index (χ0n) is 29.4. The first-order chi connectivity index (χ1) is 20.3. The van der Waals surface area contributed by atoms with Gasteiger partial charge < -0.3 is 10.2 Å². The van der Waals surface area contributed by atoms with E-state index in [4.69, 9.17) is 0 Å². The van der Waals surface area contributed by atoms with Gasteiger partial charge in [-0.25, -0.2) is 0 Å². The van der Waals surface area contributed by atoms with Gasteiger partial charge >= 0.3 is 0 Å². The summed E-state index contributed by atoms with van der Waals surface area (Å²) < 4.78 is 0. The molecule has 4 fully saturated rings. The zero-order valence-corrected chi connectivity index (χ0v) is 29.4. The van der Waals surface area contributed by atoms with Crippen LogP contribution in [0.1, 0.15) is 133 Å². The number of ketones is 2. The molecule has 0 saturated heterocycles. The first-order valence-corrected chi connectivity index (χ1v) is 18.3. The quantitative estimate of drug-likeness (QED) is 0.311. The van der Waals surface area contributed by atoms with Crippen LogP contribution in [0, 0.1) is 68.5 Å². The monoisotopic (exact) mass is 604 g/mol. The van der Waals surface area contributed by atoms with E-state index in [2.05, 4.69) is 41.5 Å². The molecule has 0 unspecified atom stereocenters. The van der Waals surface area contributed by atoms with Crippen LogP contribution in [0.25, 0.3) is 0 Å². The first kappa shape index (κ1) is 31.3. The molecule has 4 nitrogen and oxygen atoms in total. The van der Waals surface area contributed by atoms with Gasteiger partial charge in [-0.05, 0) is 103 Å². The average Bonchev–Trinajstić information content (AvgIpc) is 2.91. The summed E-state index contributed by atoms with van der Waals surface area (Å²) in [5.41, 5.74) is -0.0457. The number of carbonyl (C=O) groups is 2. The third-order valence-electron chi connectivity index (χ3n) is 16.2. The van der Waals surface area contributed by atoms with Crippen molar-refractivity contribution >= 4 is 11.6 Å². The number of allylic oxidation sites excluding steroid dienone is 2. The van der Waals surface area contributed by atoms with Crippen LogP contribution < -0.4 is 0 Å². The standard InChI is InChI=1S/C40H60O4/c1-22(2)39(43)28(41)21-27-36(9)18-11-16-35(7,8)26(36)15-20-38(27)31-29-24(30(32(38)39)40(44,23(3)4)33(31)42)13-14-25-34(5,6)17-12-19-37(25,29)10/h21-23,25-26,30-32,43-44H,11-20H2,1-10H3/t25-,26-,30-,31-,32+,36-,37-,38-,39-,40+/m0/s1. The van der Waals surface area contributed by atoms with Gasteiger partial charge in [-0.3, -0.25) is 9.59 Å². The lowest BCUT2D eigenvalue weighted by molar-refractivity contribution is -0.232. The Labute approximate surface area is 266 Å². The lowest BCUT2D eigenvalue weighted by atomic mass is 9.28. The zero-order chi connectivity index (χ0) is 32.2. The number of hydrogen-bond acceptors (Lipinski definition) is 4. The van der Waals surface area contributed by atoms with E-state index in [0.29, 0.717) is 11.8 Å². The molecule has 1 spiro atoms. The second kappa shape index (κ2) is 9.00. The largest absolute Gasteiger partial charge is 0.381 e. The molecule has 8 aliphatic carbocycles. The third kappa shape index (κ3) is 3.29. The molecule has 44 heavy (non-hydrogen) atoms. The number of hydrogen-bond donors (Lipinski definition) is 2. The fourth-order valence-corrected chi connectivity index (χ4v) is 14.5. The van der Waals surface area contributed by atoms with Gasteiger partial charge in [0, 0.05) is 17.3 Å². The first-order valence-electron chi connectivity index (χ1n) is 18.3. The molecular weight excluding hydrogens is 544 g/mol. The van der Waals surface area contributed by atoms with Crippen LogP contribution in [-0.4, -0.2) is 33.0 Å². The van der Waals surface area contributed by atoms with Gasteiger partial charge in [0.25, 0.3) is 0 Å². The van der Waals surface area contributed by atoms with Crippen molar-refractivity contribution in [2.24, 2.45) is 68.5 Å². The molecule has 0 aromatic carbocycles. The Morgan fingerprint density at radius 3 is 1.84 bits per heavy atom. The summed E-state index contributed by atoms with van der Waals surface area (Å²) in [6.45, 7) is 22.5. The van der Waals surface area contributed by atoms with Crippen LogP contribution >= 0.6 is 0 Å². The van der Waals surface area contributed by atoms with Gasteiger partial charge in [0.2, 0.25) is 0 Å². The maximum Gasteiger partial charge on any atom is 0.187 e. The minimum Gasteiger partial charge on any atom is -0.381 e. The van der Waals surface area contributed by atoms with E-state index in [1.165, 1.54) is 29.6 Å². The molecule has 0 radical (unpaired) electrons. The molecule has 0 aliphatic heterocycles. The van der Waals surface area contributed by atoms with Gasteiger partial charge in [-0.2, -0.15) is 0 Å². The van der Waals surface area contributed by atoms with Crippen LogP contribution in [0.2, 0.25) is 0 Å². The van der Waals surface area contributed by atoms with Crippen molar-refractivity contribution < 1.29 is 19.8 Å². The topological polar surface area (TPSA) is 74.6 Å². The summed E-state index contributed by atoms with van der Waals surface area (Å²) in [5.74, 6) is -1.39. The second-order valence-electron chi connectivity index (χ2n) is 19.3. The lowest BCUT2D eigenvalue weighted by Gasteiger charge is -2.75. The lowest BCUT2D eigenvalue weighted by Crippen LogP contribution is -2.79. The van der Waals surface area contributed by atoms with Crippen molar-refractivity contribution in [1.29, 1.82) is 0 Å². The molecule has 0 heterocycles. The van der Waals surface area contributed by atoms with Gasteiger partial charge in [-0.1, -0.05) is 98.8 Å². The third-order valence-corrected chi connectivity index (χ3v) is 16.2. The molecule has 0 amide bonds. The van der Waals surface area contributed by atoms with Crippen molar-refractivity contribution in [2.45, 2.75) is 145 Å². The summed E-state index contributed by atoms with van der Waals surface area (Å²) in [6, 6.07) is 0. The predicted molar refractivity (Wildman–Crippen MR) is 175 cm³/mol. The molecule has 4 heteroatoms. The number of Topliss-reactive ketones (excluding diaryl/α,β-unsaturated/α-hetero) is 1. The van der Waals surface area contributed by atoms with E-state index in [9.17, 15) is 15.0 Å². The summed E-state index contributed by atoms with van der Waals surface area (Å²) >= 11 is 0. The highest BCUT2D eigenvalue weighted by atomic mass is 16.3. The van der Waals surface area contributed by atoms with Gasteiger partial charge in [0.05, 0.1) is 5.92 Å². The van der Waals surface area contributed by atoms with Crippen LogP contribution in [-0.2, 0) is 9.59 Å². The Morgan fingerprint density at radius 2 is 1.27 bits per heavy atom. The van der Waals surface area contributed by atoms with Crippen LogP contribution in [0.5, 0.6) is 0 Å². The highest BCUT2D eigenvalue weighted by molar-refractivity contribution is 6.04. The normalized spacial score (nSPS) is 50.5. The number of aliphatic hydroxyl groups is 2. The van der Waals surface area contributed by atoms with Crippen molar-refractivity contribution in [3.8, 4) is 0 Å². The van der Waals surface area contributed by atoms with E-state index in [1.54, 1.807) is 0 Å². The highest BCUT2D eigenvalue weighted by Crippen LogP contribution is 2.80. The fraction of sp³-hybridized carbons (Fsp3) is 0.850. The van der Waals surface area contributed by atoms with Crippen molar-refractivity contribution in [2.75, 3.05) is 0 Å². The van der Waals surface area contributed by atoms with E-state index >= 15 is 4.79 Å². The molecule has 2 N–H and O–H groups in total. The predicted octanol–water partition coefficient (Wildman–Crippen LogP) is 8.25. The van der Waals surface area contributed by atoms with Crippen LogP contribution in [0.15, 0.2) is 22.8 Å².